The van der Waals surface area contributed by atoms with Crippen molar-refractivity contribution in [2.45, 2.75) is 69.2 Å². The number of carbonyl (C=O) groups excluding carboxylic acids is 4. The van der Waals surface area contributed by atoms with Crippen LogP contribution < -0.4 is 5.32 Å². The van der Waals surface area contributed by atoms with Crippen molar-refractivity contribution in [3.05, 3.63) is 59.1 Å². The Labute approximate surface area is 245 Å². The molecule has 0 unspecified atom stereocenters. The number of carbonyl (C=O) groups is 4. The Balaban J connectivity index is 1.76. The van der Waals surface area contributed by atoms with E-state index in [9.17, 15) is 19.2 Å². The van der Waals surface area contributed by atoms with Gasteiger partial charge in [0.15, 0.2) is 17.4 Å². The number of benzene rings is 2. The monoisotopic (exact) mass is 603 g/mol. The molecule has 0 saturated carbocycles. The summed E-state index contributed by atoms with van der Waals surface area (Å²) < 4.78 is 24.6. The quantitative estimate of drug-likeness (QED) is 0.286. The van der Waals surface area contributed by atoms with E-state index in [1.54, 1.807) is 12.1 Å². The maximum absolute atomic E-state index is 12.3. The summed E-state index contributed by atoms with van der Waals surface area (Å²) in [5.74, 6) is -2.32. The Kier molecular flexibility index (Phi) is 9.90. The van der Waals surface area contributed by atoms with E-state index in [0.717, 1.165) is 16.6 Å². The number of nitrogens with zero attached hydrogens (tertiary/aromatic N) is 2. The van der Waals surface area contributed by atoms with E-state index in [4.69, 9.17) is 35.5 Å². The number of para-hydroxylation sites is 2. The standard InChI is InChI=1S/C28H30ClN3O8S/c1-15(33)30-24-26(39-18(4)36)25(38-17(3)35)23(14-37-16(2)34)40-27(24)41-28-31-21-7-5-6-8-22(21)32(28)13-19-9-11-20(29)12-10-19/h5-12,23-27H,13-14H2,1-4H3,(H,30,33)/t23-,24-,25-,26-,27+/m1/s1. The smallest absolute Gasteiger partial charge is 0.303 e. The third kappa shape index (κ3) is 7.78. The summed E-state index contributed by atoms with van der Waals surface area (Å²) in [7, 11) is 0. The molecular weight excluding hydrogens is 574 g/mol. The van der Waals surface area contributed by atoms with E-state index in [0.29, 0.717) is 16.7 Å². The van der Waals surface area contributed by atoms with Gasteiger partial charge in [-0.2, -0.15) is 0 Å². The molecule has 1 aliphatic rings. The molecule has 11 nitrogen and oxygen atoms in total. The summed E-state index contributed by atoms with van der Waals surface area (Å²) >= 11 is 7.28. The second kappa shape index (κ2) is 13.4. The molecule has 1 aromatic heterocycles. The average molecular weight is 604 g/mol. The lowest BCUT2D eigenvalue weighted by molar-refractivity contribution is -0.211. The van der Waals surface area contributed by atoms with Gasteiger partial charge in [-0.1, -0.05) is 47.6 Å². The lowest BCUT2D eigenvalue weighted by atomic mass is 9.97. The van der Waals surface area contributed by atoms with Crippen LogP contribution in [0.3, 0.4) is 0 Å². The van der Waals surface area contributed by atoms with Gasteiger partial charge in [0, 0.05) is 32.7 Å². The number of hydrogen-bond donors (Lipinski definition) is 1. The molecule has 0 radical (unpaired) electrons. The van der Waals surface area contributed by atoms with E-state index >= 15 is 0 Å². The van der Waals surface area contributed by atoms with Crippen molar-refractivity contribution in [3.8, 4) is 0 Å². The lowest BCUT2D eigenvalue weighted by Crippen LogP contribution is -2.65. The van der Waals surface area contributed by atoms with Gasteiger partial charge in [-0.05, 0) is 29.8 Å². The second-order valence-corrected chi connectivity index (χ2v) is 10.9. The predicted octanol–water partition coefficient (Wildman–Crippen LogP) is 3.49. The normalized spacial score (nSPS) is 22.1. The minimum Gasteiger partial charge on any atom is -0.463 e. The minimum atomic E-state index is -1.17. The highest BCUT2D eigenvalue weighted by Gasteiger charge is 2.51. The van der Waals surface area contributed by atoms with Crippen molar-refractivity contribution in [2.24, 2.45) is 0 Å². The maximum atomic E-state index is 12.3. The van der Waals surface area contributed by atoms with Crippen LogP contribution in [0.1, 0.15) is 33.3 Å². The molecule has 1 saturated heterocycles. The number of rotatable bonds is 9. The number of halogens is 1. The first-order valence-corrected chi connectivity index (χ1v) is 14.0. The highest BCUT2D eigenvalue weighted by Crippen LogP contribution is 2.37. The van der Waals surface area contributed by atoms with Crippen molar-refractivity contribution in [2.75, 3.05) is 6.61 Å². The Bertz CT molecular complexity index is 1430. The van der Waals surface area contributed by atoms with Crippen molar-refractivity contribution in [3.63, 3.8) is 0 Å². The zero-order valence-corrected chi connectivity index (χ0v) is 24.4. The molecule has 218 valence electrons. The molecule has 0 bridgehead atoms. The molecule has 41 heavy (non-hydrogen) atoms. The Morgan fingerprint density at radius 3 is 2.24 bits per heavy atom. The van der Waals surface area contributed by atoms with E-state index in [-0.39, 0.29) is 6.61 Å². The van der Waals surface area contributed by atoms with E-state index in [1.165, 1.54) is 39.5 Å². The maximum Gasteiger partial charge on any atom is 0.303 e. The number of thioether (sulfide) groups is 1. The molecule has 2 aromatic carbocycles. The fraction of sp³-hybridized carbons (Fsp3) is 0.393. The van der Waals surface area contributed by atoms with Crippen molar-refractivity contribution < 1.29 is 38.1 Å². The van der Waals surface area contributed by atoms with Crippen LogP contribution in [0.25, 0.3) is 11.0 Å². The van der Waals surface area contributed by atoms with Crippen LogP contribution in [-0.4, -0.2) is 69.8 Å². The molecule has 1 fully saturated rings. The first-order valence-electron chi connectivity index (χ1n) is 12.8. The first kappa shape index (κ1) is 30.4. The van der Waals surface area contributed by atoms with Gasteiger partial charge in [-0.15, -0.1) is 0 Å². The number of amides is 1. The third-order valence-corrected chi connectivity index (χ3v) is 7.58. The number of aromatic nitrogens is 2. The minimum absolute atomic E-state index is 0.282. The Morgan fingerprint density at radius 1 is 0.951 bits per heavy atom. The summed E-state index contributed by atoms with van der Waals surface area (Å²) in [5, 5.41) is 3.96. The van der Waals surface area contributed by atoms with Crippen LogP contribution in [0.15, 0.2) is 53.7 Å². The molecule has 3 aromatic rings. The number of fused-ring (bicyclic) bond motifs is 1. The predicted molar refractivity (Wildman–Crippen MR) is 150 cm³/mol. The van der Waals surface area contributed by atoms with Crippen LogP contribution in [-0.2, 0) is 44.7 Å². The number of nitrogens with one attached hydrogen (secondary N) is 1. The van der Waals surface area contributed by atoms with Gasteiger partial charge in [0.05, 0.1) is 17.6 Å². The van der Waals surface area contributed by atoms with Crippen molar-refractivity contribution in [1.82, 2.24) is 14.9 Å². The second-order valence-electron chi connectivity index (χ2n) is 9.43. The number of esters is 3. The van der Waals surface area contributed by atoms with Crippen LogP contribution in [0, 0.1) is 0 Å². The van der Waals surface area contributed by atoms with Gasteiger partial charge in [-0.25, -0.2) is 4.98 Å². The molecule has 1 amide bonds. The molecule has 5 atom stereocenters. The van der Waals surface area contributed by atoms with Gasteiger partial charge in [0.2, 0.25) is 5.91 Å². The van der Waals surface area contributed by atoms with E-state index in [1.807, 2.05) is 41.0 Å². The zero-order chi connectivity index (χ0) is 29.7. The van der Waals surface area contributed by atoms with Crippen LogP contribution in [0.2, 0.25) is 5.02 Å². The fourth-order valence-corrected chi connectivity index (χ4v) is 5.91. The van der Waals surface area contributed by atoms with Gasteiger partial charge < -0.3 is 28.8 Å². The average Bonchev–Trinajstić information content (AvgIpc) is 3.23. The van der Waals surface area contributed by atoms with Crippen LogP contribution in [0.5, 0.6) is 0 Å². The fourth-order valence-electron chi connectivity index (χ4n) is 4.56. The SMILES string of the molecule is CC(=O)N[C@@H]1[C@@H](OC(C)=O)[C@H](OC(C)=O)[C@@H](COC(C)=O)O[C@H]1Sc1nc2ccccc2n1Cc1ccc(Cl)cc1. The molecule has 2 heterocycles. The number of hydrogen-bond acceptors (Lipinski definition) is 10. The van der Waals surface area contributed by atoms with Crippen LogP contribution >= 0.6 is 23.4 Å². The van der Waals surface area contributed by atoms with Gasteiger partial charge in [0.25, 0.3) is 0 Å². The largest absolute Gasteiger partial charge is 0.463 e. The van der Waals surface area contributed by atoms with Crippen LogP contribution in [0.4, 0.5) is 0 Å². The number of ether oxygens (including phenoxy) is 4. The zero-order valence-electron chi connectivity index (χ0n) is 22.9. The Morgan fingerprint density at radius 2 is 1.61 bits per heavy atom. The molecule has 1 N–H and O–H groups in total. The summed E-state index contributed by atoms with van der Waals surface area (Å²) in [6.07, 6.45) is -3.33. The van der Waals surface area contributed by atoms with Gasteiger partial charge >= 0.3 is 17.9 Å². The number of imidazole rings is 1. The van der Waals surface area contributed by atoms with Crippen molar-refractivity contribution >= 4 is 58.2 Å². The lowest BCUT2D eigenvalue weighted by Gasteiger charge is -2.44. The molecule has 4 rings (SSSR count). The van der Waals surface area contributed by atoms with Crippen molar-refractivity contribution in [1.29, 1.82) is 0 Å². The van der Waals surface area contributed by atoms with Gasteiger partial charge in [0.1, 0.15) is 24.2 Å². The topological polar surface area (TPSA) is 135 Å². The summed E-state index contributed by atoms with van der Waals surface area (Å²) in [6, 6.07) is 14.1. The Hall–Kier alpha value is -3.61. The molecule has 1 aliphatic heterocycles. The van der Waals surface area contributed by atoms with Gasteiger partial charge in [-0.3, -0.25) is 19.2 Å². The molecule has 13 heteroatoms. The highest BCUT2D eigenvalue weighted by molar-refractivity contribution is 7.99. The third-order valence-electron chi connectivity index (χ3n) is 6.17. The molecule has 0 aliphatic carbocycles. The first-order chi connectivity index (χ1) is 19.5. The summed E-state index contributed by atoms with van der Waals surface area (Å²) in [4.78, 5) is 53.0. The molecule has 0 spiro atoms. The molecular formula is C28H30ClN3O8S. The summed E-state index contributed by atoms with van der Waals surface area (Å²) in [5.41, 5.74) is 1.68. The van der Waals surface area contributed by atoms with E-state index < -0.39 is 53.6 Å². The highest BCUT2D eigenvalue weighted by atomic mass is 35.5. The van der Waals surface area contributed by atoms with E-state index in [2.05, 4.69) is 5.32 Å². The summed E-state index contributed by atoms with van der Waals surface area (Å²) in [6.45, 7) is 5.13.